The Labute approximate surface area is 181 Å². The van der Waals surface area contributed by atoms with Crippen LogP contribution >= 0.6 is 27.5 Å². The molecule has 0 saturated carbocycles. The first-order chi connectivity index (χ1) is 13.8. The Kier molecular flexibility index (Phi) is 6.56. The second-order valence-corrected chi connectivity index (χ2v) is 9.16. The Morgan fingerprint density at radius 3 is 2.31 bits per heavy atom. The van der Waals surface area contributed by atoms with Gasteiger partial charge in [0.25, 0.3) is 10.0 Å². The number of hydrogen-bond donors (Lipinski definition) is 1. The zero-order valence-electron chi connectivity index (χ0n) is 14.8. The Balaban J connectivity index is 1.95. The van der Waals surface area contributed by atoms with Crippen LogP contribution in [0.15, 0.2) is 82.2 Å². The highest BCUT2D eigenvalue weighted by Crippen LogP contribution is 2.27. The molecule has 0 fully saturated rings. The van der Waals surface area contributed by atoms with Crippen LogP contribution in [0, 0.1) is 5.82 Å². The van der Waals surface area contributed by atoms with Gasteiger partial charge in [0.1, 0.15) is 12.4 Å². The van der Waals surface area contributed by atoms with Crippen LogP contribution in [0.4, 0.5) is 15.8 Å². The van der Waals surface area contributed by atoms with Crippen LogP contribution in [0.1, 0.15) is 0 Å². The summed E-state index contributed by atoms with van der Waals surface area (Å²) in [5.74, 6) is -1.25. The van der Waals surface area contributed by atoms with Crippen molar-refractivity contribution in [3.8, 4) is 0 Å². The third-order valence-corrected chi connectivity index (χ3v) is 6.54. The van der Waals surface area contributed by atoms with Crippen molar-refractivity contribution in [2.75, 3.05) is 16.2 Å². The first-order valence-corrected chi connectivity index (χ1v) is 11.0. The van der Waals surface area contributed by atoms with E-state index in [0.717, 1.165) is 14.8 Å². The first-order valence-electron chi connectivity index (χ1n) is 8.35. The average molecular weight is 498 g/mol. The summed E-state index contributed by atoms with van der Waals surface area (Å²) in [5, 5.41) is 2.40. The Morgan fingerprint density at radius 1 is 1.03 bits per heavy atom. The number of carbonyl (C=O) groups is 1. The molecule has 0 heterocycles. The van der Waals surface area contributed by atoms with Crippen molar-refractivity contribution in [2.45, 2.75) is 4.90 Å². The fraction of sp³-hybridized carbons (Fsp3) is 0.0500. The molecule has 9 heteroatoms. The number of carbonyl (C=O) groups excluding carboxylic acids is 1. The lowest BCUT2D eigenvalue weighted by molar-refractivity contribution is -0.114. The molecule has 3 aromatic carbocycles. The van der Waals surface area contributed by atoms with Gasteiger partial charge in [0.15, 0.2) is 0 Å². The number of hydrogen-bond acceptors (Lipinski definition) is 3. The molecule has 150 valence electrons. The minimum absolute atomic E-state index is 0.00288. The van der Waals surface area contributed by atoms with Crippen LogP contribution in [0.3, 0.4) is 0 Å². The van der Waals surface area contributed by atoms with E-state index in [2.05, 4.69) is 21.2 Å². The van der Waals surface area contributed by atoms with Crippen LogP contribution < -0.4 is 9.62 Å². The number of anilines is 2. The van der Waals surface area contributed by atoms with Crippen LogP contribution in [0.5, 0.6) is 0 Å². The monoisotopic (exact) mass is 496 g/mol. The maximum Gasteiger partial charge on any atom is 0.264 e. The molecular weight excluding hydrogens is 483 g/mol. The number of rotatable bonds is 6. The van der Waals surface area contributed by atoms with Gasteiger partial charge in [-0.15, -0.1) is 0 Å². The summed E-state index contributed by atoms with van der Waals surface area (Å²) in [4.78, 5) is 12.6. The lowest BCUT2D eigenvalue weighted by Crippen LogP contribution is -2.38. The van der Waals surface area contributed by atoms with E-state index in [1.54, 1.807) is 42.5 Å². The van der Waals surface area contributed by atoms with Crippen molar-refractivity contribution in [1.29, 1.82) is 0 Å². The molecule has 0 radical (unpaired) electrons. The highest BCUT2D eigenvalue weighted by atomic mass is 79.9. The largest absolute Gasteiger partial charge is 0.325 e. The molecule has 0 unspecified atom stereocenters. The molecule has 0 saturated heterocycles. The van der Waals surface area contributed by atoms with Crippen molar-refractivity contribution >= 4 is 54.8 Å². The maximum atomic E-state index is 13.6. The third kappa shape index (κ3) is 5.14. The van der Waals surface area contributed by atoms with E-state index < -0.39 is 28.3 Å². The van der Waals surface area contributed by atoms with Gasteiger partial charge in [-0.05, 0) is 54.6 Å². The summed E-state index contributed by atoms with van der Waals surface area (Å²) in [6.07, 6.45) is 0. The number of halogens is 3. The summed E-state index contributed by atoms with van der Waals surface area (Å²) < 4.78 is 41.6. The first kappa shape index (κ1) is 21.3. The molecule has 29 heavy (non-hydrogen) atoms. The molecule has 0 atom stereocenters. The van der Waals surface area contributed by atoms with E-state index in [4.69, 9.17) is 11.6 Å². The van der Waals surface area contributed by atoms with Gasteiger partial charge in [-0.3, -0.25) is 9.10 Å². The van der Waals surface area contributed by atoms with E-state index in [-0.39, 0.29) is 15.6 Å². The van der Waals surface area contributed by atoms with Gasteiger partial charge in [0, 0.05) is 10.2 Å². The Morgan fingerprint density at radius 2 is 1.69 bits per heavy atom. The van der Waals surface area contributed by atoms with Crippen molar-refractivity contribution in [3.05, 3.63) is 88.1 Å². The topological polar surface area (TPSA) is 66.5 Å². The lowest BCUT2D eigenvalue weighted by atomic mass is 10.3. The number of sulfonamides is 1. The zero-order chi connectivity index (χ0) is 21.0. The standard InChI is InChI=1S/C20H15BrClFN2O3S/c21-14-6-8-15(9-7-14)24-20(26)13-25(16-10-11-19(23)18(22)12-16)29(27,28)17-4-2-1-3-5-17/h1-12H,13H2,(H,24,26). The van der Waals surface area contributed by atoms with Crippen molar-refractivity contribution in [2.24, 2.45) is 0 Å². The zero-order valence-corrected chi connectivity index (χ0v) is 18.0. The highest BCUT2D eigenvalue weighted by molar-refractivity contribution is 9.10. The fourth-order valence-corrected chi connectivity index (χ4v) is 4.41. The summed E-state index contributed by atoms with van der Waals surface area (Å²) in [6.45, 7) is -0.519. The smallest absolute Gasteiger partial charge is 0.264 e. The van der Waals surface area contributed by atoms with Gasteiger partial charge < -0.3 is 5.32 Å². The van der Waals surface area contributed by atoms with E-state index in [1.807, 2.05) is 0 Å². The Hall–Kier alpha value is -2.42. The molecule has 3 rings (SSSR count). The Bertz CT molecular complexity index is 1130. The summed E-state index contributed by atoms with van der Waals surface area (Å²) >= 11 is 9.14. The van der Waals surface area contributed by atoms with Crippen LogP contribution in [0.2, 0.25) is 5.02 Å². The maximum absolute atomic E-state index is 13.6. The van der Waals surface area contributed by atoms with Gasteiger partial charge in [0.2, 0.25) is 5.91 Å². The molecule has 0 aliphatic carbocycles. The van der Waals surface area contributed by atoms with E-state index in [0.29, 0.717) is 5.69 Å². The predicted octanol–water partition coefficient (Wildman–Crippen LogP) is 5.08. The highest BCUT2D eigenvalue weighted by Gasteiger charge is 2.27. The van der Waals surface area contributed by atoms with Crippen LogP contribution in [0.25, 0.3) is 0 Å². The SMILES string of the molecule is O=C(CN(c1ccc(F)c(Cl)c1)S(=O)(=O)c1ccccc1)Nc1ccc(Br)cc1. The molecular formula is C20H15BrClFN2O3S. The number of nitrogens with zero attached hydrogens (tertiary/aromatic N) is 1. The van der Waals surface area contributed by atoms with Gasteiger partial charge in [-0.2, -0.15) is 0 Å². The second-order valence-electron chi connectivity index (χ2n) is 5.98. The lowest BCUT2D eigenvalue weighted by Gasteiger charge is -2.24. The van der Waals surface area contributed by atoms with Gasteiger partial charge in [-0.25, -0.2) is 12.8 Å². The molecule has 0 bridgehead atoms. The van der Waals surface area contributed by atoms with Crippen molar-refractivity contribution in [3.63, 3.8) is 0 Å². The molecule has 0 aliphatic heterocycles. The van der Waals surface area contributed by atoms with Gasteiger partial charge in [0.05, 0.1) is 15.6 Å². The van der Waals surface area contributed by atoms with Crippen LogP contribution in [-0.4, -0.2) is 20.9 Å². The molecule has 0 spiro atoms. The number of benzene rings is 3. The summed E-state index contributed by atoms with van der Waals surface area (Å²) in [6, 6.07) is 18.0. The summed E-state index contributed by atoms with van der Waals surface area (Å²) in [5.41, 5.74) is 0.582. The van der Waals surface area contributed by atoms with Crippen LogP contribution in [-0.2, 0) is 14.8 Å². The molecule has 1 N–H and O–H groups in total. The average Bonchev–Trinajstić information content (AvgIpc) is 2.71. The van der Waals surface area contributed by atoms with Crippen molar-refractivity contribution in [1.82, 2.24) is 0 Å². The van der Waals surface area contributed by atoms with Gasteiger partial charge in [-0.1, -0.05) is 45.7 Å². The minimum Gasteiger partial charge on any atom is -0.325 e. The second kappa shape index (κ2) is 8.94. The van der Waals surface area contributed by atoms with Gasteiger partial charge >= 0.3 is 0 Å². The number of nitrogens with one attached hydrogen (secondary N) is 1. The number of amides is 1. The third-order valence-electron chi connectivity index (χ3n) is 3.94. The molecule has 1 amide bonds. The predicted molar refractivity (Wildman–Crippen MR) is 115 cm³/mol. The molecule has 0 aliphatic rings. The molecule has 5 nitrogen and oxygen atoms in total. The fourth-order valence-electron chi connectivity index (χ4n) is 2.54. The quantitative estimate of drug-likeness (QED) is 0.517. The van der Waals surface area contributed by atoms with E-state index in [9.17, 15) is 17.6 Å². The van der Waals surface area contributed by atoms with Crippen molar-refractivity contribution < 1.29 is 17.6 Å². The normalized spacial score (nSPS) is 11.1. The molecule has 3 aromatic rings. The molecule has 0 aromatic heterocycles. The van der Waals surface area contributed by atoms with E-state index >= 15 is 0 Å². The summed E-state index contributed by atoms with van der Waals surface area (Å²) in [7, 11) is -4.09. The minimum atomic E-state index is -4.09. The van der Waals surface area contributed by atoms with E-state index in [1.165, 1.54) is 24.3 Å².